The van der Waals surface area contributed by atoms with E-state index in [4.69, 9.17) is 15.0 Å². The van der Waals surface area contributed by atoms with Crippen LogP contribution in [-0.2, 0) is 4.79 Å². The Kier molecular flexibility index (Phi) is 5.54. The molecule has 2 aromatic carbocycles. The number of aliphatic imine (C=N–C) groups is 1. The lowest BCUT2D eigenvalue weighted by Crippen LogP contribution is -2.19. The number of nitrogens with one attached hydrogen (secondary N) is 1. The molecular weight excluding hydrogens is 332 g/mol. The molecule has 7 nitrogen and oxygen atoms in total. The number of oxazole rings is 1. The first-order valence-electron chi connectivity index (χ1n) is 7.73. The van der Waals surface area contributed by atoms with Gasteiger partial charge >= 0.3 is 5.97 Å². The molecule has 1 aromatic heterocycles. The monoisotopic (exact) mass is 348 g/mol. The number of carbonyl (C=O) groups excluding carboxylic acids is 1. The van der Waals surface area contributed by atoms with Gasteiger partial charge in [-0.25, -0.2) is 15.6 Å². The number of aromatic nitrogens is 1. The quantitative estimate of drug-likeness (QED) is 0.135. The van der Waals surface area contributed by atoms with Crippen molar-refractivity contribution in [3.63, 3.8) is 0 Å². The fourth-order valence-corrected chi connectivity index (χ4v) is 2.34. The van der Waals surface area contributed by atoms with E-state index in [-0.39, 0.29) is 11.5 Å². The average Bonchev–Trinajstić information content (AvgIpc) is 3.19. The van der Waals surface area contributed by atoms with Crippen LogP contribution in [0.5, 0.6) is 5.88 Å². The van der Waals surface area contributed by atoms with E-state index in [9.17, 15) is 4.79 Å². The van der Waals surface area contributed by atoms with Gasteiger partial charge in [0.05, 0.1) is 11.3 Å². The number of carbonyl (C=O) groups is 1. The third-order valence-corrected chi connectivity index (χ3v) is 3.43. The van der Waals surface area contributed by atoms with Crippen LogP contribution in [0.2, 0.25) is 0 Å². The van der Waals surface area contributed by atoms with Crippen molar-refractivity contribution in [3.05, 3.63) is 84.4 Å². The van der Waals surface area contributed by atoms with Gasteiger partial charge in [0.2, 0.25) is 0 Å². The predicted molar refractivity (Wildman–Crippen MR) is 97.7 cm³/mol. The van der Waals surface area contributed by atoms with Gasteiger partial charge in [-0.2, -0.15) is 4.98 Å². The van der Waals surface area contributed by atoms with Crippen LogP contribution in [0.1, 0.15) is 11.1 Å². The first-order valence-corrected chi connectivity index (χ1v) is 7.73. The minimum Gasteiger partial charge on any atom is -0.448 e. The molecule has 0 radical (unpaired) electrons. The Hall–Kier alpha value is -3.71. The second-order valence-corrected chi connectivity index (χ2v) is 5.10. The van der Waals surface area contributed by atoms with Crippen LogP contribution in [-0.4, -0.2) is 17.3 Å². The van der Waals surface area contributed by atoms with Crippen LogP contribution < -0.4 is 16.0 Å². The summed E-state index contributed by atoms with van der Waals surface area (Å²) in [6.45, 7) is 0. The van der Waals surface area contributed by atoms with Crippen LogP contribution in [0.25, 0.3) is 11.3 Å². The molecule has 0 saturated carbocycles. The number of hydrogen-bond donors (Lipinski definition) is 2. The Bertz CT molecular complexity index is 904. The van der Waals surface area contributed by atoms with Crippen LogP contribution in [0, 0.1) is 0 Å². The summed E-state index contributed by atoms with van der Waals surface area (Å²) in [5.41, 5.74) is 4.41. The summed E-state index contributed by atoms with van der Waals surface area (Å²) >= 11 is 0. The molecule has 0 aliphatic rings. The Balaban J connectivity index is 2.16. The molecule has 130 valence electrons. The van der Waals surface area contributed by atoms with Crippen LogP contribution in [0.4, 0.5) is 0 Å². The van der Waals surface area contributed by atoms with Gasteiger partial charge in [0.15, 0.2) is 12.7 Å². The van der Waals surface area contributed by atoms with E-state index in [2.05, 4.69) is 15.4 Å². The molecule has 0 fully saturated rings. The van der Waals surface area contributed by atoms with E-state index in [1.165, 1.54) is 19.0 Å². The topological polar surface area (TPSA) is 103 Å². The molecule has 0 unspecified atom stereocenters. The Labute approximate surface area is 149 Å². The third-order valence-electron chi connectivity index (χ3n) is 3.43. The maximum Gasteiger partial charge on any atom is 0.347 e. The largest absolute Gasteiger partial charge is 0.448 e. The lowest BCUT2D eigenvalue weighted by molar-refractivity contribution is -0.128. The van der Waals surface area contributed by atoms with Crippen molar-refractivity contribution in [2.24, 2.45) is 10.8 Å². The highest BCUT2D eigenvalue weighted by Gasteiger charge is 2.21. The number of esters is 1. The highest BCUT2D eigenvalue weighted by molar-refractivity contribution is 6.25. The number of benzene rings is 2. The van der Waals surface area contributed by atoms with Crippen molar-refractivity contribution in [1.29, 1.82) is 0 Å². The Morgan fingerprint density at radius 1 is 1.08 bits per heavy atom. The molecule has 7 heteroatoms. The summed E-state index contributed by atoms with van der Waals surface area (Å²) in [5.74, 6) is 4.77. The Morgan fingerprint density at radius 2 is 1.73 bits per heavy atom. The van der Waals surface area contributed by atoms with E-state index >= 15 is 0 Å². The summed E-state index contributed by atoms with van der Waals surface area (Å²) in [6, 6.07) is 18.4. The molecule has 0 saturated heterocycles. The number of hydrogen-bond acceptors (Lipinski definition) is 6. The minimum absolute atomic E-state index is 0.0665. The molecule has 1 heterocycles. The van der Waals surface area contributed by atoms with E-state index in [1.54, 1.807) is 12.1 Å². The zero-order valence-corrected chi connectivity index (χ0v) is 13.7. The summed E-state index contributed by atoms with van der Waals surface area (Å²) in [6.07, 6.45) is 3.73. The van der Waals surface area contributed by atoms with E-state index in [0.717, 1.165) is 5.56 Å². The van der Waals surface area contributed by atoms with Crippen molar-refractivity contribution in [1.82, 2.24) is 10.4 Å². The van der Waals surface area contributed by atoms with Gasteiger partial charge in [-0.05, 0) is 5.56 Å². The maximum absolute atomic E-state index is 12.9. The first-order chi connectivity index (χ1) is 12.8. The number of nitrogens with two attached hydrogens (primary N) is 1. The van der Waals surface area contributed by atoms with Gasteiger partial charge in [-0.1, -0.05) is 60.7 Å². The molecule has 26 heavy (non-hydrogen) atoms. The zero-order valence-electron chi connectivity index (χ0n) is 13.7. The van der Waals surface area contributed by atoms with Gasteiger partial charge in [0, 0.05) is 5.56 Å². The van der Waals surface area contributed by atoms with Crippen molar-refractivity contribution < 1.29 is 13.9 Å². The van der Waals surface area contributed by atoms with Crippen LogP contribution in [0.3, 0.4) is 0 Å². The molecule has 0 atom stereocenters. The first kappa shape index (κ1) is 17.1. The molecule has 0 bridgehead atoms. The van der Waals surface area contributed by atoms with Gasteiger partial charge in [0.25, 0.3) is 5.88 Å². The molecule has 0 aliphatic heterocycles. The number of nitrogens with zero attached hydrogens (tertiary/aromatic N) is 2. The highest BCUT2D eigenvalue weighted by atomic mass is 16.5. The molecule has 3 aromatic rings. The lowest BCUT2D eigenvalue weighted by atomic mass is 9.99. The molecular formula is C19H16N4O3. The SMILES string of the molecule is NNC=NC(=C(C(=O)Oc1cocn1)c1ccccc1)c1ccccc1. The zero-order chi connectivity index (χ0) is 18.2. The summed E-state index contributed by atoms with van der Waals surface area (Å²) in [5, 5.41) is 0. The molecule has 0 aliphatic carbocycles. The third kappa shape index (κ3) is 4.03. The number of hydrazine groups is 1. The minimum atomic E-state index is -0.613. The highest BCUT2D eigenvalue weighted by Crippen LogP contribution is 2.29. The van der Waals surface area contributed by atoms with Crippen LogP contribution >= 0.6 is 0 Å². The molecule has 0 amide bonds. The fraction of sp³-hybridized carbons (Fsp3) is 0. The smallest absolute Gasteiger partial charge is 0.347 e. The Morgan fingerprint density at radius 3 is 2.31 bits per heavy atom. The van der Waals surface area contributed by atoms with Crippen molar-refractivity contribution in [3.8, 4) is 5.88 Å². The predicted octanol–water partition coefficient (Wildman–Crippen LogP) is 2.64. The van der Waals surface area contributed by atoms with Crippen molar-refractivity contribution in [2.45, 2.75) is 0 Å². The van der Waals surface area contributed by atoms with Gasteiger partial charge in [0.1, 0.15) is 6.34 Å². The number of ether oxygens (including phenoxy) is 1. The number of rotatable bonds is 6. The fourth-order valence-electron chi connectivity index (χ4n) is 2.34. The van der Waals surface area contributed by atoms with Crippen molar-refractivity contribution >= 4 is 23.6 Å². The van der Waals surface area contributed by atoms with E-state index in [0.29, 0.717) is 11.3 Å². The second-order valence-electron chi connectivity index (χ2n) is 5.10. The van der Waals surface area contributed by atoms with Gasteiger partial charge < -0.3 is 14.6 Å². The molecule has 3 N–H and O–H groups in total. The lowest BCUT2D eigenvalue weighted by Gasteiger charge is -2.12. The average molecular weight is 348 g/mol. The van der Waals surface area contributed by atoms with E-state index in [1.807, 2.05) is 48.5 Å². The van der Waals surface area contributed by atoms with Crippen LogP contribution in [0.15, 0.2) is 82.7 Å². The molecule has 3 rings (SSSR count). The second kappa shape index (κ2) is 8.41. The molecule has 0 spiro atoms. The van der Waals surface area contributed by atoms with Gasteiger partial charge in [-0.15, -0.1) is 0 Å². The van der Waals surface area contributed by atoms with E-state index < -0.39 is 5.97 Å². The summed E-state index contributed by atoms with van der Waals surface area (Å²) in [4.78, 5) is 21.0. The normalized spacial score (nSPS) is 11.9. The van der Waals surface area contributed by atoms with Gasteiger partial charge in [-0.3, -0.25) is 0 Å². The summed E-state index contributed by atoms with van der Waals surface area (Å²) < 4.78 is 10.2. The maximum atomic E-state index is 12.9. The standard InChI is InChI=1S/C19H16N4O3/c20-23-12-21-18(15-9-5-2-6-10-15)17(14-7-3-1-4-8-14)19(24)26-16-11-25-13-22-16/h1-13H,20H2,(H,21,23). The summed E-state index contributed by atoms with van der Waals surface area (Å²) in [7, 11) is 0. The van der Waals surface area contributed by atoms with Crippen molar-refractivity contribution in [2.75, 3.05) is 0 Å².